The maximum Gasteiger partial charge on any atom is 0.272 e. The number of rotatable bonds is 11. The lowest BCUT2D eigenvalue weighted by Crippen LogP contribution is -2.30. The second kappa shape index (κ2) is 15.2. The standard InChI is InChI=1S/C32H27Cl2N3O5S/c1-41-24-12-14-29(42-2)21(15-24)16-28(37-31(39)20-7-4-3-5-8-20)32(40)36-22-9-6-10-25(17-22)43-19-30(38)35-23-11-13-26(33)27(34)18-23/h3-18H,19H2,1-2H3,(H,35,38)(H,36,40)(H,37,39)/b28-16+. The van der Waals surface area contributed by atoms with Crippen LogP contribution < -0.4 is 25.4 Å². The summed E-state index contributed by atoms with van der Waals surface area (Å²) in [6, 6.07) is 25.6. The number of hydrogen-bond acceptors (Lipinski definition) is 6. The molecule has 11 heteroatoms. The number of nitrogens with one attached hydrogen (secondary N) is 3. The van der Waals surface area contributed by atoms with Crippen molar-refractivity contribution < 1.29 is 23.9 Å². The molecular weight excluding hydrogens is 609 g/mol. The maximum absolute atomic E-state index is 13.5. The van der Waals surface area contributed by atoms with Crippen LogP contribution in [-0.4, -0.2) is 37.7 Å². The monoisotopic (exact) mass is 635 g/mol. The number of carbonyl (C=O) groups is 3. The van der Waals surface area contributed by atoms with Crippen molar-refractivity contribution in [3.8, 4) is 11.5 Å². The lowest BCUT2D eigenvalue weighted by Gasteiger charge is -2.14. The minimum absolute atomic E-state index is 0.0144. The molecule has 0 atom stereocenters. The Labute approximate surface area is 263 Å². The SMILES string of the molecule is COc1ccc(OC)c(/C=C(/NC(=O)c2ccccc2)C(=O)Nc2cccc(SCC(=O)Nc3ccc(Cl)c(Cl)c3)c2)c1. The predicted molar refractivity (Wildman–Crippen MR) is 172 cm³/mol. The molecule has 4 aromatic carbocycles. The molecular formula is C32H27Cl2N3O5S. The van der Waals surface area contributed by atoms with E-state index in [-0.39, 0.29) is 17.4 Å². The Kier molecular flexibility index (Phi) is 11.1. The second-order valence-electron chi connectivity index (χ2n) is 8.93. The van der Waals surface area contributed by atoms with Gasteiger partial charge in [0.1, 0.15) is 17.2 Å². The Morgan fingerprint density at radius 3 is 2.28 bits per heavy atom. The number of amides is 3. The summed E-state index contributed by atoms with van der Waals surface area (Å²) in [6.07, 6.45) is 1.52. The molecule has 0 saturated carbocycles. The lowest BCUT2D eigenvalue weighted by molar-refractivity contribution is -0.114. The first-order valence-corrected chi connectivity index (χ1v) is 14.6. The lowest BCUT2D eigenvalue weighted by atomic mass is 10.1. The molecule has 3 N–H and O–H groups in total. The van der Waals surface area contributed by atoms with Crippen LogP contribution in [0.1, 0.15) is 15.9 Å². The van der Waals surface area contributed by atoms with Crippen LogP contribution >= 0.6 is 35.0 Å². The van der Waals surface area contributed by atoms with Crippen molar-refractivity contribution in [2.24, 2.45) is 0 Å². The fourth-order valence-corrected chi connectivity index (χ4v) is 4.89. The van der Waals surface area contributed by atoms with E-state index in [9.17, 15) is 14.4 Å². The van der Waals surface area contributed by atoms with Gasteiger partial charge in [0.05, 0.1) is 30.0 Å². The third-order valence-corrected chi connectivity index (χ3v) is 7.66. The van der Waals surface area contributed by atoms with Crippen LogP contribution in [0.3, 0.4) is 0 Å². The number of anilines is 2. The van der Waals surface area contributed by atoms with Crippen molar-refractivity contribution >= 4 is 70.1 Å². The quantitative estimate of drug-likeness (QED) is 0.119. The average Bonchev–Trinajstić information content (AvgIpc) is 3.02. The van der Waals surface area contributed by atoms with E-state index in [1.54, 1.807) is 84.9 Å². The minimum Gasteiger partial charge on any atom is -0.497 e. The molecule has 0 aliphatic rings. The third-order valence-electron chi connectivity index (χ3n) is 5.93. The van der Waals surface area contributed by atoms with Crippen molar-refractivity contribution in [3.63, 3.8) is 0 Å². The fourth-order valence-electron chi connectivity index (χ4n) is 3.83. The summed E-state index contributed by atoms with van der Waals surface area (Å²) in [4.78, 5) is 39.7. The van der Waals surface area contributed by atoms with Gasteiger partial charge >= 0.3 is 0 Å². The molecule has 0 aliphatic carbocycles. The highest BCUT2D eigenvalue weighted by atomic mass is 35.5. The number of ether oxygens (including phenoxy) is 2. The largest absolute Gasteiger partial charge is 0.497 e. The fraction of sp³-hybridized carbons (Fsp3) is 0.0938. The summed E-state index contributed by atoms with van der Waals surface area (Å²) in [5.74, 6) is -0.105. The Morgan fingerprint density at radius 1 is 0.791 bits per heavy atom. The highest BCUT2D eigenvalue weighted by Gasteiger charge is 2.17. The molecule has 8 nitrogen and oxygen atoms in total. The molecule has 0 aromatic heterocycles. The van der Waals surface area contributed by atoms with Gasteiger partial charge in [-0.15, -0.1) is 11.8 Å². The van der Waals surface area contributed by atoms with Gasteiger partial charge in [-0.25, -0.2) is 0 Å². The van der Waals surface area contributed by atoms with Gasteiger partial charge in [0.25, 0.3) is 11.8 Å². The highest BCUT2D eigenvalue weighted by molar-refractivity contribution is 8.00. The van der Waals surface area contributed by atoms with Crippen molar-refractivity contribution in [1.29, 1.82) is 0 Å². The van der Waals surface area contributed by atoms with Gasteiger partial charge in [-0.05, 0) is 72.8 Å². The summed E-state index contributed by atoms with van der Waals surface area (Å²) in [7, 11) is 3.04. The Morgan fingerprint density at radius 2 is 1.56 bits per heavy atom. The van der Waals surface area contributed by atoms with Gasteiger partial charge in [-0.1, -0.05) is 47.5 Å². The van der Waals surface area contributed by atoms with Crippen LogP contribution in [0.15, 0.2) is 102 Å². The van der Waals surface area contributed by atoms with E-state index in [0.717, 1.165) is 4.90 Å². The molecule has 0 unspecified atom stereocenters. The van der Waals surface area contributed by atoms with E-state index in [2.05, 4.69) is 16.0 Å². The van der Waals surface area contributed by atoms with E-state index in [1.165, 1.54) is 32.1 Å². The molecule has 43 heavy (non-hydrogen) atoms. The van der Waals surface area contributed by atoms with Crippen molar-refractivity contribution in [3.05, 3.63) is 118 Å². The smallest absolute Gasteiger partial charge is 0.272 e. The van der Waals surface area contributed by atoms with Gasteiger partial charge in [-0.2, -0.15) is 0 Å². The molecule has 0 radical (unpaired) electrons. The first kappa shape index (κ1) is 31.5. The summed E-state index contributed by atoms with van der Waals surface area (Å²) >= 11 is 13.2. The number of thioether (sulfide) groups is 1. The number of benzene rings is 4. The number of carbonyl (C=O) groups excluding carboxylic acids is 3. The molecule has 3 amide bonds. The number of methoxy groups -OCH3 is 2. The topological polar surface area (TPSA) is 106 Å². The molecule has 0 bridgehead atoms. The van der Waals surface area contributed by atoms with Gasteiger partial charge in [0.15, 0.2) is 0 Å². The summed E-state index contributed by atoms with van der Waals surface area (Å²) < 4.78 is 10.8. The molecule has 0 fully saturated rings. The van der Waals surface area contributed by atoms with Gasteiger partial charge in [-0.3, -0.25) is 14.4 Å². The van der Waals surface area contributed by atoms with Crippen LogP contribution in [0.25, 0.3) is 6.08 Å². The second-order valence-corrected chi connectivity index (χ2v) is 10.8. The normalized spacial score (nSPS) is 10.9. The van der Waals surface area contributed by atoms with Gasteiger partial charge in [0, 0.05) is 27.4 Å². The number of hydrogen-bond donors (Lipinski definition) is 3. The van der Waals surface area contributed by atoms with Crippen LogP contribution in [0.4, 0.5) is 11.4 Å². The molecule has 0 saturated heterocycles. The first-order valence-electron chi connectivity index (χ1n) is 12.8. The van der Waals surface area contributed by atoms with Crippen LogP contribution in [0.2, 0.25) is 10.0 Å². The molecule has 4 rings (SSSR count). The molecule has 0 spiro atoms. The Balaban J connectivity index is 1.51. The molecule has 0 heterocycles. The van der Waals surface area contributed by atoms with Crippen molar-refractivity contribution in [1.82, 2.24) is 5.32 Å². The summed E-state index contributed by atoms with van der Waals surface area (Å²) in [6.45, 7) is 0. The van der Waals surface area contributed by atoms with Gasteiger partial charge in [0.2, 0.25) is 5.91 Å². The van der Waals surface area contributed by atoms with Crippen molar-refractivity contribution in [2.75, 3.05) is 30.6 Å². The third kappa shape index (κ3) is 9.02. The van der Waals surface area contributed by atoms with Crippen molar-refractivity contribution in [2.45, 2.75) is 4.90 Å². The zero-order valence-electron chi connectivity index (χ0n) is 23.2. The van der Waals surface area contributed by atoms with E-state index < -0.39 is 11.8 Å². The minimum atomic E-state index is -0.561. The van der Waals surface area contributed by atoms with Crippen LogP contribution in [-0.2, 0) is 9.59 Å². The Hall–Kier alpha value is -4.44. The zero-order valence-corrected chi connectivity index (χ0v) is 25.5. The van der Waals surface area contributed by atoms with Crippen LogP contribution in [0, 0.1) is 0 Å². The summed E-state index contributed by atoms with van der Waals surface area (Å²) in [5.41, 5.74) is 1.90. The van der Waals surface area contributed by atoms with Gasteiger partial charge < -0.3 is 25.4 Å². The molecule has 220 valence electrons. The zero-order chi connectivity index (χ0) is 30.8. The maximum atomic E-state index is 13.5. The first-order chi connectivity index (χ1) is 20.7. The van der Waals surface area contributed by atoms with E-state index in [4.69, 9.17) is 32.7 Å². The highest BCUT2D eigenvalue weighted by Crippen LogP contribution is 2.28. The molecule has 4 aromatic rings. The predicted octanol–water partition coefficient (Wildman–Crippen LogP) is 7.15. The van der Waals surface area contributed by atoms with Crippen LogP contribution in [0.5, 0.6) is 11.5 Å². The summed E-state index contributed by atoms with van der Waals surface area (Å²) in [5, 5.41) is 9.06. The van der Waals surface area contributed by atoms with E-state index in [1.807, 2.05) is 6.07 Å². The van der Waals surface area contributed by atoms with E-state index in [0.29, 0.717) is 44.0 Å². The average molecular weight is 637 g/mol. The number of halogens is 2. The molecule has 0 aliphatic heterocycles. The van der Waals surface area contributed by atoms with E-state index >= 15 is 0 Å². The Bertz CT molecular complexity index is 1660.